The third-order valence-corrected chi connectivity index (χ3v) is 5.45. The summed E-state index contributed by atoms with van der Waals surface area (Å²) in [5, 5.41) is 0.106. The van der Waals surface area contributed by atoms with Crippen molar-refractivity contribution in [3.8, 4) is 11.3 Å². The number of hydrogen-bond donors (Lipinski definition) is 0. The van der Waals surface area contributed by atoms with Crippen LogP contribution in [0.5, 0.6) is 0 Å². The number of rotatable bonds is 3. The number of oxazole rings is 1. The van der Waals surface area contributed by atoms with Crippen LogP contribution in [0.3, 0.4) is 0 Å². The Morgan fingerprint density at radius 1 is 1.10 bits per heavy atom. The number of halogens is 3. The van der Waals surface area contributed by atoms with Gasteiger partial charge in [0.05, 0.1) is 12.7 Å². The molecule has 0 fully saturated rings. The summed E-state index contributed by atoms with van der Waals surface area (Å²) >= 11 is 6.07. The standard InChI is InChI=1S/C21H13ClF2N4O3/c1-26-18-17(19(29)28(21(26)30)9-13-14(22)3-2-4-15(13)24)27-10-16(31-20(27)25-18)11-5-7-12(23)8-6-11/h2-8,10H,9H2,1H3. The molecule has 0 N–H and O–H groups in total. The largest absolute Gasteiger partial charge is 0.423 e. The maximum Gasteiger partial charge on any atom is 0.332 e. The first-order valence-electron chi connectivity index (χ1n) is 9.15. The maximum atomic E-state index is 14.3. The van der Waals surface area contributed by atoms with Crippen LogP contribution in [0.2, 0.25) is 5.02 Å². The molecule has 0 saturated heterocycles. The predicted octanol–water partition coefficient (Wildman–Crippen LogP) is 3.59. The zero-order valence-electron chi connectivity index (χ0n) is 16.0. The molecule has 0 amide bonds. The lowest BCUT2D eigenvalue weighted by atomic mass is 10.2. The second-order valence-electron chi connectivity index (χ2n) is 6.97. The van der Waals surface area contributed by atoms with E-state index in [4.69, 9.17) is 16.0 Å². The third-order valence-electron chi connectivity index (χ3n) is 5.10. The quantitative estimate of drug-likeness (QED) is 0.428. The monoisotopic (exact) mass is 442 g/mol. The van der Waals surface area contributed by atoms with Gasteiger partial charge in [0.1, 0.15) is 11.6 Å². The molecule has 0 unspecified atom stereocenters. The molecule has 0 aliphatic heterocycles. The molecule has 5 aromatic rings. The van der Waals surface area contributed by atoms with E-state index in [-0.39, 0.29) is 34.1 Å². The highest BCUT2D eigenvalue weighted by atomic mass is 35.5. The Balaban J connectivity index is 1.74. The Bertz CT molecular complexity index is 1580. The number of imidazole rings is 1. The first kappa shape index (κ1) is 19.3. The van der Waals surface area contributed by atoms with E-state index in [9.17, 15) is 18.4 Å². The second-order valence-corrected chi connectivity index (χ2v) is 7.38. The average molecular weight is 443 g/mol. The van der Waals surface area contributed by atoms with Gasteiger partial charge in [-0.3, -0.25) is 18.3 Å². The normalized spacial score (nSPS) is 11.6. The molecular weight excluding hydrogens is 430 g/mol. The van der Waals surface area contributed by atoms with Crippen LogP contribution < -0.4 is 11.2 Å². The Labute approximate surface area is 177 Å². The molecule has 0 atom stereocenters. The lowest BCUT2D eigenvalue weighted by Gasteiger charge is -2.10. The van der Waals surface area contributed by atoms with E-state index >= 15 is 0 Å². The lowest BCUT2D eigenvalue weighted by molar-refractivity contribution is 0.582. The van der Waals surface area contributed by atoms with Gasteiger partial charge in [-0.1, -0.05) is 17.7 Å². The molecule has 0 spiro atoms. The van der Waals surface area contributed by atoms with Gasteiger partial charge in [0.15, 0.2) is 16.9 Å². The highest BCUT2D eigenvalue weighted by Crippen LogP contribution is 2.25. The fourth-order valence-electron chi connectivity index (χ4n) is 3.48. The van der Waals surface area contributed by atoms with Gasteiger partial charge in [0.2, 0.25) is 0 Å². The van der Waals surface area contributed by atoms with Crippen LogP contribution in [0.4, 0.5) is 8.78 Å². The lowest BCUT2D eigenvalue weighted by Crippen LogP contribution is -2.39. The topological polar surface area (TPSA) is 74.4 Å². The highest BCUT2D eigenvalue weighted by Gasteiger charge is 2.21. The number of nitrogens with zero attached hydrogens (tertiary/aromatic N) is 4. The van der Waals surface area contributed by atoms with Gasteiger partial charge in [-0.15, -0.1) is 0 Å². The van der Waals surface area contributed by atoms with Crippen molar-refractivity contribution in [1.29, 1.82) is 0 Å². The molecule has 3 heterocycles. The predicted molar refractivity (Wildman–Crippen MR) is 110 cm³/mol. The van der Waals surface area contributed by atoms with Crippen molar-refractivity contribution in [2.45, 2.75) is 6.54 Å². The third kappa shape index (κ3) is 2.97. The van der Waals surface area contributed by atoms with Crippen molar-refractivity contribution in [2.24, 2.45) is 7.05 Å². The van der Waals surface area contributed by atoms with Crippen LogP contribution >= 0.6 is 11.6 Å². The summed E-state index contributed by atoms with van der Waals surface area (Å²) in [7, 11) is 1.46. The molecule has 0 aliphatic carbocycles. The summed E-state index contributed by atoms with van der Waals surface area (Å²) < 4.78 is 36.7. The molecule has 10 heteroatoms. The summed E-state index contributed by atoms with van der Waals surface area (Å²) in [5.74, 6) is -0.568. The van der Waals surface area contributed by atoms with Crippen LogP contribution in [-0.2, 0) is 13.6 Å². The van der Waals surface area contributed by atoms with Gasteiger partial charge in [-0.25, -0.2) is 13.6 Å². The number of fused-ring (bicyclic) bond motifs is 3. The first-order valence-corrected chi connectivity index (χ1v) is 9.53. The van der Waals surface area contributed by atoms with Crippen molar-refractivity contribution in [1.82, 2.24) is 18.5 Å². The minimum atomic E-state index is -0.670. The smallest absolute Gasteiger partial charge is 0.332 e. The SMILES string of the molecule is Cn1c(=O)n(Cc2c(F)cccc2Cl)c(=O)c2c1nc1oc(-c3ccc(F)cc3)cn12. The molecule has 0 radical (unpaired) electrons. The molecule has 156 valence electrons. The van der Waals surface area contributed by atoms with Gasteiger partial charge in [0.25, 0.3) is 5.56 Å². The maximum absolute atomic E-state index is 14.3. The van der Waals surface area contributed by atoms with Crippen LogP contribution in [0.15, 0.2) is 62.7 Å². The van der Waals surface area contributed by atoms with E-state index in [1.165, 1.54) is 64.7 Å². The zero-order chi connectivity index (χ0) is 21.9. The molecule has 31 heavy (non-hydrogen) atoms. The Morgan fingerprint density at radius 3 is 2.55 bits per heavy atom. The van der Waals surface area contributed by atoms with Gasteiger partial charge in [0, 0.05) is 23.2 Å². The van der Waals surface area contributed by atoms with Crippen molar-refractivity contribution in [3.63, 3.8) is 0 Å². The zero-order valence-corrected chi connectivity index (χ0v) is 16.7. The van der Waals surface area contributed by atoms with E-state index in [0.29, 0.717) is 11.3 Å². The Hall–Kier alpha value is -3.72. The van der Waals surface area contributed by atoms with E-state index in [2.05, 4.69) is 4.98 Å². The number of aromatic nitrogens is 4. The Morgan fingerprint density at radius 2 is 1.84 bits per heavy atom. The summed E-state index contributed by atoms with van der Waals surface area (Å²) in [5.41, 5.74) is -0.518. The minimum absolute atomic E-state index is 0.0303. The Kier molecular flexibility index (Phi) is 4.30. The molecular formula is C21H13ClF2N4O3. The average Bonchev–Trinajstić information content (AvgIpc) is 3.30. The number of aryl methyl sites for hydroxylation is 1. The summed E-state index contributed by atoms with van der Waals surface area (Å²) in [6, 6.07) is 9.76. The molecule has 0 bridgehead atoms. The summed E-state index contributed by atoms with van der Waals surface area (Å²) in [4.78, 5) is 30.3. The van der Waals surface area contributed by atoms with Crippen LogP contribution in [0.25, 0.3) is 28.3 Å². The van der Waals surface area contributed by atoms with Gasteiger partial charge >= 0.3 is 11.5 Å². The van der Waals surface area contributed by atoms with Crippen molar-refractivity contribution in [2.75, 3.05) is 0 Å². The van der Waals surface area contributed by atoms with Gasteiger partial charge in [-0.2, -0.15) is 4.98 Å². The highest BCUT2D eigenvalue weighted by molar-refractivity contribution is 6.31. The van der Waals surface area contributed by atoms with Crippen LogP contribution in [-0.4, -0.2) is 18.5 Å². The van der Waals surface area contributed by atoms with Crippen LogP contribution in [0.1, 0.15) is 5.56 Å². The van der Waals surface area contributed by atoms with E-state index in [1.807, 2.05) is 0 Å². The molecule has 7 nitrogen and oxygen atoms in total. The number of benzene rings is 2. The van der Waals surface area contributed by atoms with Crippen molar-refractivity contribution < 1.29 is 13.2 Å². The molecule has 0 saturated carbocycles. The first-order chi connectivity index (χ1) is 14.8. The van der Waals surface area contributed by atoms with E-state index < -0.39 is 22.9 Å². The molecule has 0 aliphatic rings. The second kappa shape index (κ2) is 6.92. The fourth-order valence-corrected chi connectivity index (χ4v) is 3.70. The van der Waals surface area contributed by atoms with E-state index in [1.54, 1.807) is 0 Å². The fraction of sp³-hybridized carbons (Fsp3) is 0.0952. The van der Waals surface area contributed by atoms with Crippen molar-refractivity contribution >= 4 is 28.6 Å². The summed E-state index contributed by atoms with van der Waals surface area (Å²) in [6.45, 7) is -0.344. The van der Waals surface area contributed by atoms with Crippen LogP contribution in [0, 0.1) is 11.6 Å². The molecule has 5 rings (SSSR count). The number of hydrogen-bond acceptors (Lipinski definition) is 4. The van der Waals surface area contributed by atoms with Gasteiger partial charge in [-0.05, 0) is 36.4 Å². The van der Waals surface area contributed by atoms with Gasteiger partial charge < -0.3 is 4.42 Å². The minimum Gasteiger partial charge on any atom is -0.423 e. The summed E-state index contributed by atoms with van der Waals surface area (Å²) in [6.07, 6.45) is 1.53. The van der Waals surface area contributed by atoms with Crippen molar-refractivity contribution in [3.05, 3.63) is 91.7 Å². The molecule has 3 aromatic heterocycles. The van der Waals surface area contributed by atoms with E-state index in [0.717, 1.165) is 4.57 Å². The molecule has 2 aromatic carbocycles.